The number of carbonyl (C=O) groups excluding carboxylic acids is 1. The lowest BCUT2D eigenvalue weighted by molar-refractivity contribution is -0.120. The van der Waals surface area contributed by atoms with E-state index in [4.69, 9.17) is 5.73 Å². The quantitative estimate of drug-likeness (QED) is 0.784. The maximum absolute atomic E-state index is 12.2. The van der Waals surface area contributed by atoms with Gasteiger partial charge in [-0.3, -0.25) is 4.79 Å². The monoisotopic (exact) mass is 262 g/mol. The Hall–Kier alpha value is -1.35. The Balaban J connectivity index is 2.71. The summed E-state index contributed by atoms with van der Waals surface area (Å²) >= 11 is 0. The lowest BCUT2D eigenvalue weighted by Crippen LogP contribution is -2.22. The van der Waals surface area contributed by atoms with Crippen molar-refractivity contribution in [2.24, 2.45) is 11.7 Å². The number of nitrogens with one attached hydrogen (secondary N) is 1. The second kappa shape index (κ2) is 7.95. The first-order valence-electron chi connectivity index (χ1n) is 7.24. The van der Waals surface area contributed by atoms with Crippen molar-refractivity contribution in [3.8, 4) is 0 Å². The number of amides is 1. The third-order valence-electron chi connectivity index (χ3n) is 3.33. The van der Waals surface area contributed by atoms with Crippen LogP contribution in [0.3, 0.4) is 0 Å². The predicted octanol–water partition coefficient (Wildman–Crippen LogP) is 3.86. The number of carbonyl (C=O) groups is 1. The normalized spacial score (nSPS) is 12.5. The van der Waals surface area contributed by atoms with E-state index in [9.17, 15) is 4.79 Å². The van der Waals surface area contributed by atoms with Crippen LogP contribution in [0, 0.1) is 5.92 Å². The summed E-state index contributed by atoms with van der Waals surface area (Å²) in [7, 11) is 0. The van der Waals surface area contributed by atoms with Gasteiger partial charge in [0, 0.05) is 17.6 Å². The van der Waals surface area contributed by atoms with Gasteiger partial charge in [0.05, 0.1) is 0 Å². The fourth-order valence-electron chi connectivity index (χ4n) is 2.25. The van der Waals surface area contributed by atoms with Crippen LogP contribution in [0.4, 0.5) is 5.69 Å². The molecule has 0 aliphatic heterocycles. The molecule has 1 amide bonds. The van der Waals surface area contributed by atoms with Gasteiger partial charge in [-0.05, 0) is 37.5 Å². The van der Waals surface area contributed by atoms with Crippen LogP contribution in [0.25, 0.3) is 0 Å². The molecule has 1 atom stereocenters. The van der Waals surface area contributed by atoms with Crippen molar-refractivity contribution in [1.82, 2.24) is 0 Å². The molecule has 1 rings (SSSR count). The second-order valence-electron chi connectivity index (χ2n) is 5.18. The molecule has 1 unspecified atom stereocenters. The van der Waals surface area contributed by atoms with Gasteiger partial charge in [0.15, 0.2) is 0 Å². The first-order valence-corrected chi connectivity index (χ1v) is 7.24. The zero-order chi connectivity index (χ0) is 14.3. The lowest BCUT2D eigenvalue weighted by atomic mass is 9.97. The first kappa shape index (κ1) is 15.7. The minimum absolute atomic E-state index is 0.0149. The highest BCUT2D eigenvalue weighted by Crippen LogP contribution is 2.19. The molecule has 0 aliphatic carbocycles. The maximum atomic E-state index is 12.2. The summed E-state index contributed by atoms with van der Waals surface area (Å²) in [6.45, 7) is 6.18. The van der Waals surface area contributed by atoms with Gasteiger partial charge in [0.25, 0.3) is 0 Å². The van der Waals surface area contributed by atoms with Gasteiger partial charge >= 0.3 is 0 Å². The summed E-state index contributed by atoms with van der Waals surface area (Å²) in [5.74, 6) is 0.250. The van der Waals surface area contributed by atoms with Gasteiger partial charge in [-0.25, -0.2) is 0 Å². The molecular formula is C16H26N2O. The van der Waals surface area contributed by atoms with Crippen LogP contribution < -0.4 is 11.1 Å². The van der Waals surface area contributed by atoms with Gasteiger partial charge < -0.3 is 11.1 Å². The smallest absolute Gasteiger partial charge is 0.227 e. The summed E-state index contributed by atoms with van der Waals surface area (Å²) in [5, 5.41) is 3.01. The van der Waals surface area contributed by atoms with E-state index < -0.39 is 0 Å². The highest BCUT2D eigenvalue weighted by molar-refractivity contribution is 5.92. The summed E-state index contributed by atoms with van der Waals surface area (Å²) < 4.78 is 0. The van der Waals surface area contributed by atoms with Crippen LogP contribution in [-0.4, -0.2) is 5.91 Å². The van der Waals surface area contributed by atoms with Crippen molar-refractivity contribution in [1.29, 1.82) is 0 Å². The van der Waals surface area contributed by atoms with Crippen LogP contribution in [0.1, 0.15) is 58.1 Å². The van der Waals surface area contributed by atoms with Crippen LogP contribution in [-0.2, 0) is 4.79 Å². The van der Waals surface area contributed by atoms with E-state index in [2.05, 4.69) is 19.2 Å². The predicted molar refractivity (Wildman–Crippen MR) is 81.0 cm³/mol. The third-order valence-corrected chi connectivity index (χ3v) is 3.33. The van der Waals surface area contributed by atoms with Gasteiger partial charge in [0.1, 0.15) is 0 Å². The zero-order valence-electron chi connectivity index (χ0n) is 12.3. The average molecular weight is 262 g/mol. The Kier molecular flexibility index (Phi) is 6.57. The van der Waals surface area contributed by atoms with E-state index in [1.807, 2.05) is 31.2 Å². The van der Waals surface area contributed by atoms with Crippen LogP contribution in [0.5, 0.6) is 0 Å². The average Bonchev–Trinajstić information content (AvgIpc) is 2.38. The Morgan fingerprint density at radius 3 is 2.42 bits per heavy atom. The molecule has 0 bridgehead atoms. The van der Waals surface area contributed by atoms with E-state index >= 15 is 0 Å². The van der Waals surface area contributed by atoms with E-state index in [0.717, 1.165) is 36.9 Å². The van der Waals surface area contributed by atoms with Gasteiger partial charge in [0.2, 0.25) is 5.91 Å². The minimum Gasteiger partial charge on any atom is -0.326 e. The molecule has 3 heteroatoms. The topological polar surface area (TPSA) is 55.1 Å². The summed E-state index contributed by atoms with van der Waals surface area (Å²) in [4.78, 5) is 12.2. The number of nitrogens with two attached hydrogens (primary N) is 1. The molecule has 0 saturated carbocycles. The molecule has 0 fully saturated rings. The van der Waals surface area contributed by atoms with Crippen molar-refractivity contribution in [3.05, 3.63) is 29.8 Å². The largest absolute Gasteiger partial charge is 0.326 e. The van der Waals surface area contributed by atoms with E-state index in [-0.39, 0.29) is 17.9 Å². The Bertz CT molecular complexity index is 395. The molecule has 106 valence electrons. The van der Waals surface area contributed by atoms with Crippen LogP contribution >= 0.6 is 0 Å². The molecule has 0 saturated heterocycles. The number of hydrogen-bond donors (Lipinski definition) is 2. The standard InChI is InChI=1S/C16H26N2O/c1-4-7-13(8-5-2)16(19)18-15-10-6-9-14(11-15)12(3)17/h6,9-13H,4-5,7-8,17H2,1-3H3,(H,18,19). The van der Waals surface area contributed by atoms with E-state index in [0.29, 0.717) is 0 Å². The molecule has 3 nitrogen and oxygen atoms in total. The van der Waals surface area contributed by atoms with E-state index in [1.54, 1.807) is 0 Å². The minimum atomic E-state index is -0.0149. The van der Waals surface area contributed by atoms with Gasteiger partial charge in [-0.15, -0.1) is 0 Å². The van der Waals surface area contributed by atoms with Gasteiger partial charge in [-0.2, -0.15) is 0 Å². The molecule has 0 aliphatic rings. The molecule has 1 aromatic carbocycles. The maximum Gasteiger partial charge on any atom is 0.227 e. The lowest BCUT2D eigenvalue weighted by Gasteiger charge is -2.16. The van der Waals surface area contributed by atoms with Crippen LogP contribution in [0.15, 0.2) is 24.3 Å². The summed E-state index contributed by atoms with van der Waals surface area (Å²) in [6.07, 6.45) is 3.98. The highest BCUT2D eigenvalue weighted by atomic mass is 16.1. The second-order valence-corrected chi connectivity index (χ2v) is 5.18. The van der Waals surface area contributed by atoms with E-state index in [1.165, 1.54) is 0 Å². The fraction of sp³-hybridized carbons (Fsp3) is 0.562. The van der Waals surface area contributed by atoms with Crippen LogP contribution in [0.2, 0.25) is 0 Å². The Labute approximate surface area is 116 Å². The Morgan fingerprint density at radius 2 is 1.89 bits per heavy atom. The van der Waals surface area contributed by atoms with Crippen molar-refractivity contribution < 1.29 is 4.79 Å². The van der Waals surface area contributed by atoms with Crippen molar-refractivity contribution in [2.45, 2.75) is 52.5 Å². The fourth-order valence-corrected chi connectivity index (χ4v) is 2.25. The molecule has 3 N–H and O–H groups in total. The summed E-state index contributed by atoms with van der Waals surface area (Å²) in [6, 6.07) is 7.77. The number of anilines is 1. The number of rotatable bonds is 7. The molecule has 0 radical (unpaired) electrons. The molecule has 0 aromatic heterocycles. The molecule has 1 aromatic rings. The molecule has 0 spiro atoms. The molecule has 0 heterocycles. The highest BCUT2D eigenvalue weighted by Gasteiger charge is 2.16. The van der Waals surface area contributed by atoms with Crippen molar-refractivity contribution in [2.75, 3.05) is 5.32 Å². The third kappa shape index (κ3) is 5.03. The molecule has 19 heavy (non-hydrogen) atoms. The number of hydrogen-bond acceptors (Lipinski definition) is 2. The summed E-state index contributed by atoms with van der Waals surface area (Å²) in [5.41, 5.74) is 7.74. The van der Waals surface area contributed by atoms with Crippen molar-refractivity contribution in [3.63, 3.8) is 0 Å². The molecular weight excluding hydrogens is 236 g/mol. The Morgan fingerprint density at radius 1 is 1.26 bits per heavy atom. The zero-order valence-corrected chi connectivity index (χ0v) is 12.3. The van der Waals surface area contributed by atoms with Crippen molar-refractivity contribution >= 4 is 11.6 Å². The SMILES string of the molecule is CCCC(CCC)C(=O)Nc1cccc(C(C)N)c1. The first-order chi connectivity index (χ1) is 9.08. The van der Waals surface area contributed by atoms with Gasteiger partial charge in [-0.1, -0.05) is 38.8 Å². The number of benzene rings is 1.